The second kappa shape index (κ2) is 9.07. The molecule has 0 unspecified atom stereocenters. The van der Waals surface area contributed by atoms with Crippen molar-refractivity contribution < 1.29 is 19.1 Å². The number of hydrazone groups is 1. The maximum absolute atomic E-state index is 11.9. The molecule has 0 aliphatic rings. The first-order valence-corrected chi connectivity index (χ1v) is 7.64. The smallest absolute Gasteiger partial charge is 0.329 e. The van der Waals surface area contributed by atoms with Gasteiger partial charge in [0.25, 0.3) is 0 Å². The van der Waals surface area contributed by atoms with Crippen molar-refractivity contribution in [2.75, 3.05) is 19.0 Å². The van der Waals surface area contributed by atoms with Gasteiger partial charge in [0, 0.05) is 17.3 Å². The fourth-order valence-electron chi connectivity index (χ4n) is 1.97. The second-order valence-electron chi connectivity index (χ2n) is 4.86. The fourth-order valence-corrected chi connectivity index (χ4v) is 1.97. The molecule has 2 aromatic carbocycles. The molecule has 2 aromatic rings. The summed E-state index contributed by atoms with van der Waals surface area (Å²) in [7, 11) is 1.52. The van der Waals surface area contributed by atoms with Gasteiger partial charge in [-0.2, -0.15) is 5.10 Å². The zero-order chi connectivity index (χ0) is 18.1. The second-order valence-corrected chi connectivity index (χ2v) is 4.86. The van der Waals surface area contributed by atoms with Crippen LogP contribution in [0.5, 0.6) is 11.5 Å². The van der Waals surface area contributed by atoms with Crippen LogP contribution >= 0.6 is 0 Å². The van der Waals surface area contributed by atoms with Crippen molar-refractivity contribution in [2.24, 2.45) is 5.10 Å². The number of carbonyl (C=O) groups excluding carboxylic acids is 2. The van der Waals surface area contributed by atoms with E-state index in [-0.39, 0.29) is 0 Å². The Morgan fingerprint density at radius 1 is 1.12 bits per heavy atom. The molecule has 25 heavy (non-hydrogen) atoms. The molecule has 130 valence electrons. The molecule has 2 amide bonds. The van der Waals surface area contributed by atoms with Crippen molar-refractivity contribution >= 4 is 23.7 Å². The highest BCUT2D eigenvalue weighted by molar-refractivity contribution is 6.39. The Hall–Kier alpha value is -3.35. The van der Waals surface area contributed by atoms with E-state index in [9.17, 15) is 9.59 Å². The number of hydrogen-bond acceptors (Lipinski definition) is 5. The number of hydrogen-bond donors (Lipinski definition) is 2. The standard InChI is InChI=1S/C18H19N3O4/c1-3-25-16-10-5-4-7-13(16)12-19-21-18(23)17(22)20-14-8-6-9-15(11-14)24-2/h4-12H,3H2,1-2H3,(H,20,22)(H,21,23)/b19-12-. The number of anilines is 1. The zero-order valence-electron chi connectivity index (χ0n) is 14.0. The topological polar surface area (TPSA) is 89.0 Å². The molecule has 0 saturated carbocycles. The van der Waals surface area contributed by atoms with Gasteiger partial charge in [-0.05, 0) is 31.2 Å². The molecule has 0 heterocycles. The Morgan fingerprint density at radius 2 is 1.92 bits per heavy atom. The molecular weight excluding hydrogens is 322 g/mol. The molecule has 0 radical (unpaired) electrons. The molecule has 0 aliphatic carbocycles. The van der Waals surface area contributed by atoms with Crippen molar-refractivity contribution in [2.45, 2.75) is 6.92 Å². The van der Waals surface area contributed by atoms with Crippen molar-refractivity contribution in [3.8, 4) is 11.5 Å². The summed E-state index contributed by atoms with van der Waals surface area (Å²) in [5, 5.41) is 6.26. The van der Waals surface area contributed by atoms with Crippen LogP contribution in [-0.4, -0.2) is 31.7 Å². The van der Waals surface area contributed by atoms with E-state index in [0.29, 0.717) is 29.4 Å². The van der Waals surface area contributed by atoms with Gasteiger partial charge in [0.05, 0.1) is 19.9 Å². The van der Waals surface area contributed by atoms with Gasteiger partial charge in [0.15, 0.2) is 0 Å². The highest BCUT2D eigenvalue weighted by Gasteiger charge is 2.13. The van der Waals surface area contributed by atoms with Crippen LogP contribution in [0, 0.1) is 0 Å². The average molecular weight is 341 g/mol. The predicted molar refractivity (Wildman–Crippen MR) is 95.0 cm³/mol. The van der Waals surface area contributed by atoms with Crippen LogP contribution in [0.2, 0.25) is 0 Å². The third-order valence-corrected chi connectivity index (χ3v) is 3.12. The molecule has 2 rings (SSSR count). The Labute approximate surface area is 145 Å². The minimum absolute atomic E-state index is 0.449. The van der Waals surface area contributed by atoms with E-state index in [1.165, 1.54) is 13.3 Å². The van der Waals surface area contributed by atoms with Gasteiger partial charge < -0.3 is 14.8 Å². The summed E-state index contributed by atoms with van der Waals surface area (Å²) >= 11 is 0. The quantitative estimate of drug-likeness (QED) is 0.479. The Balaban J connectivity index is 1.94. The van der Waals surface area contributed by atoms with E-state index >= 15 is 0 Å². The van der Waals surface area contributed by atoms with Gasteiger partial charge in [-0.15, -0.1) is 0 Å². The van der Waals surface area contributed by atoms with E-state index in [0.717, 1.165) is 0 Å². The molecule has 0 aliphatic heterocycles. The molecule has 0 bridgehead atoms. The third-order valence-electron chi connectivity index (χ3n) is 3.12. The molecular formula is C18H19N3O4. The van der Waals surface area contributed by atoms with E-state index < -0.39 is 11.8 Å². The minimum Gasteiger partial charge on any atom is -0.497 e. The van der Waals surface area contributed by atoms with E-state index in [2.05, 4.69) is 15.8 Å². The Morgan fingerprint density at radius 3 is 2.68 bits per heavy atom. The van der Waals surface area contributed by atoms with Crippen molar-refractivity contribution in [3.05, 3.63) is 54.1 Å². The van der Waals surface area contributed by atoms with Crippen LogP contribution in [0.15, 0.2) is 53.6 Å². The summed E-state index contributed by atoms with van der Waals surface area (Å²) in [5.74, 6) is -0.496. The lowest BCUT2D eigenvalue weighted by atomic mass is 10.2. The average Bonchev–Trinajstić information content (AvgIpc) is 2.63. The van der Waals surface area contributed by atoms with Gasteiger partial charge >= 0.3 is 11.8 Å². The van der Waals surface area contributed by atoms with Crippen LogP contribution in [0.25, 0.3) is 0 Å². The maximum Gasteiger partial charge on any atom is 0.329 e. The zero-order valence-corrected chi connectivity index (χ0v) is 14.0. The summed E-state index contributed by atoms with van der Waals surface area (Å²) in [6.07, 6.45) is 1.42. The van der Waals surface area contributed by atoms with Crippen LogP contribution in [-0.2, 0) is 9.59 Å². The van der Waals surface area contributed by atoms with Crippen LogP contribution in [0.4, 0.5) is 5.69 Å². The van der Waals surface area contributed by atoms with Gasteiger partial charge in [0.1, 0.15) is 11.5 Å². The number of ether oxygens (including phenoxy) is 2. The van der Waals surface area contributed by atoms with E-state index in [1.807, 2.05) is 19.1 Å². The first-order valence-electron chi connectivity index (χ1n) is 7.64. The highest BCUT2D eigenvalue weighted by Crippen LogP contribution is 2.17. The number of methoxy groups -OCH3 is 1. The summed E-state index contributed by atoms with van der Waals surface area (Å²) in [6.45, 7) is 2.39. The molecule has 0 spiro atoms. The first-order chi connectivity index (χ1) is 12.1. The minimum atomic E-state index is -0.882. The molecule has 0 fully saturated rings. The van der Waals surface area contributed by atoms with E-state index in [1.54, 1.807) is 36.4 Å². The number of nitrogens with one attached hydrogen (secondary N) is 2. The monoisotopic (exact) mass is 341 g/mol. The fraction of sp³-hybridized carbons (Fsp3) is 0.167. The molecule has 2 N–H and O–H groups in total. The predicted octanol–water partition coefficient (Wildman–Crippen LogP) is 2.18. The molecule has 0 atom stereocenters. The number of rotatable bonds is 6. The molecule has 0 saturated heterocycles. The third kappa shape index (κ3) is 5.35. The van der Waals surface area contributed by atoms with Gasteiger partial charge in [-0.25, -0.2) is 5.43 Å². The highest BCUT2D eigenvalue weighted by atomic mass is 16.5. The lowest BCUT2D eigenvalue weighted by molar-refractivity contribution is -0.136. The lowest BCUT2D eigenvalue weighted by Gasteiger charge is -2.07. The maximum atomic E-state index is 11.9. The summed E-state index contributed by atoms with van der Waals surface area (Å²) in [6, 6.07) is 13.9. The summed E-state index contributed by atoms with van der Waals surface area (Å²) in [4.78, 5) is 23.7. The van der Waals surface area contributed by atoms with Crippen LogP contribution < -0.4 is 20.2 Å². The SMILES string of the molecule is CCOc1ccccc1/C=N\NC(=O)C(=O)Nc1cccc(OC)c1. The lowest BCUT2D eigenvalue weighted by Crippen LogP contribution is -2.32. The van der Waals surface area contributed by atoms with Crippen LogP contribution in [0.3, 0.4) is 0 Å². The number of nitrogens with zero attached hydrogens (tertiary/aromatic N) is 1. The van der Waals surface area contributed by atoms with Crippen LogP contribution in [0.1, 0.15) is 12.5 Å². The Kier molecular flexibility index (Phi) is 6.53. The number of para-hydroxylation sites is 1. The van der Waals surface area contributed by atoms with Gasteiger partial charge in [-0.1, -0.05) is 18.2 Å². The summed E-state index contributed by atoms with van der Waals surface area (Å²) < 4.78 is 10.5. The molecule has 7 nitrogen and oxygen atoms in total. The largest absolute Gasteiger partial charge is 0.497 e. The summed E-state index contributed by atoms with van der Waals surface area (Å²) in [5.41, 5.74) is 3.32. The Bertz CT molecular complexity index is 774. The van der Waals surface area contributed by atoms with E-state index in [4.69, 9.17) is 9.47 Å². The normalized spacial score (nSPS) is 10.3. The first kappa shape index (κ1) is 18.0. The van der Waals surface area contributed by atoms with Crippen molar-refractivity contribution in [1.82, 2.24) is 5.43 Å². The number of carbonyl (C=O) groups is 2. The van der Waals surface area contributed by atoms with Crippen molar-refractivity contribution in [3.63, 3.8) is 0 Å². The number of benzene rings is 2. The number of amides is 2. The van der Waals surface area contributed by atoms with Gasteiger partial charge in [0.2, 0.25) is 0 Å². The van der Waals surface area contributed by atoms with Gasteiger partial charge in [-0.3, -0.25) is 9.59 Å². The molecule has 0 aromatic heterocycles. The van der Waals surface area contributed by atoms with Crippen molar-refractivity contribution in [1.29, 1.82) is 0 Å². The molecule has 7 heteroatoms.